The van der Waals surface area contributed by atoms with Crippen LogP contribution in [0.15, 0.2) is 6.07 Å². The van der Waals surface area contributed by atoms with Crippen LogP contribution >= 0.6 is 0 Å². The van der Waals surface area contributed by atoms with Crippen LogP contribution in [-0.4, -0.2) is 25.4 Å². The zero-order valence-electron chi connectivity index (χ0n) is 9.70. The van der Waals surface area contributed by atoms with Gasteiger partial charge in [0.15, 0.2) is 17.8 Å². The second-order valence-corrected chi connectivity index (χ2v) is 3.79. The Morgan fingerprint density at radius 3 is 2.76 bits per heavy atom. The maximum Gasteiger partial charge on any atom is 0.221 e. The van der Waals surface area contributed by atoms with Crippen molar-refractivity contribution >= 4 is 17.9 Å². The number of benzene rings is 1. The number of aldehydes is 1. The molecule has 1 amide bonds. The highest BCUT2D eigenvalue weighted by Gasteiger charge is 2.20. The lowest BCUT2D eigenvalue weighted by Crippen LogP contribution is -2.18. The van der Waals surface area contributed by atoms with Crippen LogP contribution in [0, 0.1) is 6.92 Å². The van der Waals surface area contributed by atoms with Gasteiger partial charge in [0, 0.05) is 18.1 Å². The molecular formula is C12H13NO4. The topological polar surface area (TPSA) is 64.6 Å². The first kappa shape index (κ1) is 11.4. The van der Waals surface area contributed by atoms with Crippen LogP contribution in [0.3, 0.4) is 0 Å². The standard InChI is InChI=1S/C12H13NO4/c1-7-11(13-8(2)15)9(6-14)5-10-12(7)17-4-3-16-10/h5-6H,3-4H2,1-2H3,(H,13,15). The quantitative estimate of drug-likeness (QED) is 0.790. The maximum absolute atomic E-state index is 11.1. The SMILES string of the molecule is CC(=O)Nc1c(C=O)cc2c(c1C)OCCO2. The van der Waals surface area contributed by atoms with Crippen molar-refractivity contribution in [2.75, 3.05) is 18.5 Å². The third-order valence-electron chi connectivity index (χ3n) is 2.53. The van der Waals surface area contributed by atoms with Crippen molar-refractivity contribution in [2.24, 2.45) is 0 Å². The summed E-state index contributed by atoms with van der Waals surface area (Å²) >= 11 is 0. The Hall–Kier alpha value is -2.04. The summed E-state index contributed by atoms with van der Waals surface area (Å²) in [5.41, 5.74) is 1.58. The first-order chi connectivity index (χ1) is 8.13. The van der Waals surface area contributed by atoms with E-state index in [4.69, 9.17) is 9.47 Å². The highest BCUT2D eigenvalue weighted by molar-refractivity contribution is 5.97. The molecule has 5 heteroatoms. The van der Waals surface area contributed by atoms with Crippen molar-refractivity contribution in [3.63, 3.8) is 0 Å². The molecule has 1 aliphatic heterocycles. The monoisotopic (exact) mass is 235 g/mol. The van der Waals surface area contributed by atoms with Gasteiger partial charge in [-0.1, -0.05) is 0 Å². The van der Waals surface area contributed by atoms with E-state index in [1.54, 1.807) is 13.0 Å². The number of nitrogens with one attached hydrogen (secondary N) is 1. The smallest absolute Gasteiger partial charge is 0.221 e. The van der Waals surface area contributed by atoms with Crippen LogP contribution in [-0.2, 0) is 4.79 Å². The fraction of sp³-hybridized carbons (Fsp3) is 0.333. The van der Waals surface area contributed by atoms with E-state index >= 15 is 0 Å². The fourth-order valence-electron chi connectivity index (χ4n) is 1.81. The van der Waals surface area contributed by atoms with Gasteiger partial charge in [0.1, 0.15) is 13.2 Å². The number of hydrogen-bond donors (Lipinski definition) is 1. The van der Waals surface area contributed by atoms with Crippen molar-refractivity contribution < 1.29 is 19.1 Å². The zero-order chi connectivity index (χ0) is 12.4. The lowest BCUT2D eigenvalue weighted by atomic mass is 10.1. The minimum atomic E-state index is -0.229. The summed E-state index contributed by atoms with van der Waals surface area (Å²) in [6, 6.07) is 1.58. The predicted octanol–water partition coefficient (Wildman–Crippen LogP) is 1.54. The van der Waals surface area contributed by atoms with E-state index in [0.29, 0.717) is 47.8 Å². The van der Waals surface area contributed by atoms with Crippen LogP contribution in [0.25, 0.3) is 0 Å². The van der Waals surface area contributed by atoms with Crippen molar-refractivity contribution in [3.8, 4) is 11.5 Å². The van der Waals surface area contributed by atoms with Gasteiger partial charge in [-0.15, -0.1) is 0 Å². The Kier molecular flexibility index (Phi) is 2.99. The fourth-order valence-corrected chi connectivity index (χ4v) is 1.81. The molecule has 1 N–H and O–H groups in total. The molecule has 1 heterocycles. The van der Waals surface area contributed by atoms with Crippen LogP contribution in [0.2, 0.25) is 0 Å². The van der Waals surface area contributed by atoms with Gasteiger partial charge in [-0.2, -0.15) is 0 Å². The Bertz CT molecular complexity index is 482. The highest BCUT2D eigenvalue weighted by atomic mass is 16.6. The number of carbonyl (C=O) groups is 2. The van der Waals surface area contributed by atoms with Crippen LogP contribution < -0.4 is 14.8 Å². The van der Waals surface area contributed by atoms with Crippen molar-refractivity contribution in [1.29, 1.82) is 0 Å². The minimum absolute atomic E-state index is 0.229. The zero-order valence-corrected chi connectivity index (χ0v) is 9.70. The number of amides is 1. The summed E-state index contributed by atoms with van der Waals surface area (Å²) in [5.74, 6) is 0.906. The molecule has 0 saturated heterocycles. The molecule has 90 valence electrons. The molecule has 1 aromatic rings. The number of rotatable bonds is 2. The van der Waals surface area contributed by atoms with E-state index in [1.165, 1.54) is 6.92 Å². The van der Waals surface area contributed by atoms with E-state index in [1.807, 2.05) is 0 Å². The summed E-state index contributed by atoms with van der Waals surface area (Å²) < 4.78 is 10.9. The highest BCUT2D eigenvalue weighted by Crippen LogP contribution is 2.39. The molecule has 1 aromatic carbocycles. The summed E-state index contributed by atoms with van der Waals surface area (Å²) in [7, 11) is 0. The van der Waals surface area contributed by atoms with Crippen LogP contribution in [0.5, 0.6) is 11.5 Å². The number of anilines is 1. The molecule has 1 aliphatic rings. The second-order valence-electron chi connectivity index (χ2n) is 3.79. The van der Waals surface area contributed by atoms with Gasteiger partial charge in [0.2, 0.25) is 5.91 Å². The molecule has 0 unspecified atom stereocenters. The van der Waals surface area contributed by atoms with Crippen LogP contribution in [0.1, 0.15) is 22.8 Å². The lowest BCUT2D eigenvalue weighted by molar-refractivity contribution is -0.114. The normalized spacial score (nSPS) is 13.1. The third kappa shape index (κ3) is 2.08. The van der Waals surface area contributed by atoms with E-state index in [0.717, 1.165) is 0 Å². The van der Waals surface area contributed by atoms with Gasteiger partial charge in [0.05, 0.1) is 5.69 Å². The van der Waals surface area contributed by atoms with Gasteiger partial charge < -0.3 is 14.8 Å². The summed E-state index contributed by atoms with van der Waals surface area (Å²) in [4.78, 5) is 22.1. The van der Waals surface area contributed by atoms with E-state index in [9.17, 15) is 9.59 Å². The van der Waals surface area contributed by atoms with E-state index < -0.39 is 0 Å². The average molecular weight is 235 g/mol. The molecule has 0 saturated carbocycles. The number of ether oxygens (including phenoxy) is 2. The predicted molar refractivity (Wildman–Crippen MR) is 61.9 cm³/mol. The number of hydrogen-bond acceptors (Lipinski definition) is 4. The minimum Gasteiger partial charge on any atom is -0.486 e. The molecular weight excluding hydrogens is 222 g/mol. The van der Waals surface area contributed by atoms with E-state index in [2.05, 4.69) is 5.32 Å². The Balaban J connectivity index is 2.56. The molecule has 0 spiro atoms. The van der Waals surface area contributed by atoms with Gasteiger partial charge in [-0.25, -0.2) is 0 Å². The first-order valence-corrected chi connectivity index (χ1v) is 5.29. The Labute approximate surface area is 98.7 Å². The molecule has 0 fully saturated rings. The maximum atomic E-state index is 11.1. The molecule has 5 nitrogen and oxygen atoms in total. The molecule has 0 radical (unpaired) electrons. The van der Waals surface area contributed by atoms with Crippen LogP contribution in [0.4, 0.5) is 5.69 Å². The average Bonchev–Trinajstić information content (AvgIpc) is 2.32. The first-order valence-electron chi connectivity index (χ1n) is 5.29. The van der Waals surface area contributed by atoms with Crippen molar-refractivity contribution in [1.82, 2.24) is 0 Å². The van der Waals surface area contributed by atoms with Gasteiger partial charge in [0.25, 0.3) is 0 Å². The number of carbonyl (C=O) groups excluding carboxylic acids is 2. The van der Waals surface area contributed by atoms with Gasteiger partial charge >= 0.3 is 0 Å². The number of fused-ring (bicyclic) bond motifs is 1. The molecule has 17 heavy (non-hydrogen) atoms. The van der Waals surface area contributed by atoms with Crippen molar-refractivity contribution in [3.05, 3.63) is 17.2 Å². The van der Waals surface area contributed by atoms with Gasteiger partial charge in [-0.05, 0) is 13.0 Å². The third-order valence-corrected chi connectivity index (χ3v) is 2.53. The molecule has 0 bridgehead atoms. The molecule has 2 rings (SSSR count). The molecule has 0 aliphatic carbocycles. The molecule has 0 atom stereocenters. The summed E-state index contributed by atoms with van der Waals surface area (Å²) in [6.45, 7) is 4.11. The second kappa shape index (κ2) is 4.45. The summed E-state index contributed by atoms with van der Waals surface area (Å²) in [6.07, 6.45) is 0.691. The van der Waals surface area contributed by atoms with E-state index in [-0.39, 0.29) is 5.91 Å². The largest absolute Gasteiger partial charge is 0.486 e. The molecule has 0 aromatic heterocycles. The Morgan fingerprint density at radius 2 is 2.12 bits per heavy atom. The summed E-state index contributed by atoms with van der Waals surface area (Å²) in [5, 5.41) is 2.64. The Morgan fingerprint density at radius 1 is 1.41 bits per heavy atom. The van der Waals surface area contributed by atoms with Gasteiger partial charge in [-0.3, -0.25) is 9.59 Å². The lowest BCUT2D eigenvalue weighted by Gasteiger charge is -2.22. The van der Waals surface area contributed by atoms with Crippen molar-refractivity contribution in [2.45, 2.75) is 13.8 Å².